The number of aliphatic hydroxyl groups excluding tert-OH is 1. The summed E-state index contributed by atoms with van der Waals surface area (Å²) in [5, 5.41) is 10.2. The zero-order valence-corrected chi connectivity index (χ0v) is 12.2. The van der Waals surface area contributed by atoms with Gasteiger partial charge in [0.1, 0.15) is 11.3 Å². The number of hydrogen-bond acceptors (Lipinski definition) is 3. The minimum atomic E-state index is -0.519. The Morgan fingerprint density at radius 3 is 1.50 bits per heavy atom. The molecule has 0 saturated carbocycles. The molecule has 0 saturated heterocycles. The molecule has 3 nitrogen and oxygen atoms in total. The molecule has 0 aliphatic heterocycles. The van der Waals surface area contributed by atoms with Crippen LogP contribution in [0.2, 0.25) is 0 Å². The second-order valence-electron chi connectivity index (χ2n) is 4.89. The number of Topliss-reactive ketones (excluding diaryl/α,β-unsaturated/α-hetero) is 2. The van der Waals surface area contributed by atoms with Crippen LogP contribution < -0.4 is 0 Å². The van der Waals surface area contributed by atoms with E-state index in [1.165, 1.54) is 0 Å². The van der Waals surface area contributed by atoms with Gasteiger partial charge in [0.15, 0.2) is 0 Å². The third-order valence-electron chi connectivity index (χ3n) is 3.17. The van der Waals surface area contributed by atoms with Gasteiger partial charge in [-0.1, -0.05) is 67.2 Å². The van der Waals surface area contributed by atoms with Gasteiger partial charge in [-0.05, 0) is 12.5 Å². The lowest BCUT2D eigenvalue weighted by molar-refractivity contribution is 0.0955. The molecule has 2 aromatic rings. The highest BCUT2D eigenvalue weighted by Gasteiger charge is 2.25. The highest BCUT2D eigenvalue weighted by molar-refractivity contribution is 6.31. The molecular weight excluding hydrogens is 276 g/mol. The summed E-state index contributed by atoms with van der Waals surface area (Å²) >= 11 is 0. The first-order valence-electron chi connectivity index (χ1n) is 6.81. The van der Waals surface area contributed by atoms with E-state index in [1.807, 2.05) is 0 Å². The highest BCUT2D eigenvalue weighted by Crippen LogP contribution is 2.20. The molecule has 0 radical (unpaired) electrons. The van der Waals surface area contributed by atoms with Crippen molar-refractivity contribution in [1.29, 1.82) is 0 Å². The Kier molecular flexibility index (Phi) is 4.69. The van der Waals surface area contributed by atoms with Crippen LogP contribution in [0.4, 0.5) is 0 Å². The molecule has 3 heteroatoms. The maximum absolute atomic E-state index is 12.6. The van der Waals surface area contributed by atoms with Crippen molar-refractivity contribution in [3.63, 3.8) is 0 Å². The summed E-state index contributed by atoms with van der Waals surface area (Å²) in [5.74, 6) is -1.41. The fourth-order valence-electron chi connectivity index (χ4n) is 2.00. The van der Waals surface area contributed by atoms with Gasteiger partial charge in [-0.15, -0.1) is 0 Å². The molecule has 0 fully saturated rings. The first-order chi connectivity index (χ1) is 10.5. The predicted octanol–water partition coefficient (Wildman–Crippen LogP) is 4.14. The lowest BCUT2D eigenvalue weighted by Crippen LogP contribution is -2.17. The van der Waals surface area contributed by atoms with Crippen molar-refractivity contribution in [2.24, 2.45) is 0 Å². The molecule has 2 rings (SSSR count). The van der Waals surface area contributed by atoms with Crippen LogP contribution in [0.25, 0.3) is 0 Å². The fourth-order valence-corrected chi connectivity index (χ4v) is 2.00. The van der Waals surface area contributed by atoms with Crippen LogP contribution >= 0.6 is 0 Å². The molecule has 0 aliphatic rings. The van der Waals surface area contributed by atoms with E-state index in [2.05, 4.69) is 6.58 Å². The third kappa shape index (κ3) is 3.20. The number of benzene rings is 2. The Morgan fingerprint density at radius 2 is 1.18 bits per heavy atom. The maximum Gasteiger partial charge on any atom is 0.200 e. The third-order valence-corrected chi connectivity index (χ3v) is 3.17. The molecule has 0 aromatic heterocycles. The number of rotatable bonds is 5. The predicted molar refractivity (Wildman–Crippen MR) is 86.0 cm³/mol. The quantitative estimate of drug-likeness (QED) is 0.225. The van der Waals surface area contributed by atoms with E-state index in [9.17, 15) is 14.7 Å². The van der Waals surface area contributed by atoms with Crippen molar-refractivity contribution in [1.82, 2.24) is 0 Å². The number of hydrogen-bond donors (Lipinski definition) is 1. The number of ketones is 2. The molecule has 0 amide bonds. The summed E-state index contributed by atoms with van der Waals surface area (Å²) in [6.07, 6.45) is 0. The van der Waals surface area contributed by atoms with Crippen molar-refractivity contribution < 1.29 is 14.7 Å². The van der Waals surface area contributed by atoms with Gasteiger partial charge in [0.25, 0.3) is 0 Å². The van der Waals surface area contributed by atoms with Gasteiger partial charge in [0, 0.05) is 11.1 Å². The molecule has 0 spiro atoms. The molecule has 2 aromatic carbocycles. The Balaban J connectivity index is 2.55. The summed E-state index contributed by atoms with van der Waals surface area (Å²) in [7, 11) is 0. The molecule has 0 heterocycles. The first-order valence-corrected chi connectivity index (χ1v) is 6.81. The number of carbonyl (C=O) groups excluding carboxylic acids is 2. The lowest BCUT2D eigenvalue weighted by atomic mass is 9.93. The number of carbonyl (C=O) groups is 2. The first kappa shape index (κ1) is 15.4. The molecule has 0 bridgehead atoms. The standard InChI is InChI=1S/C19H16O3/c1-13(2)17(20)16(18(21)14-9-5-3-6-10-14)19(22)15-11-7-4-8-12-15/h3-12,20H,1H2,2H3. The van der Waals surface area contributed by atoms with Gasteiger partial charge in [-0.2, -0.15) is 0 Å². The SMILES string of the molecule is C=C(C)C(O)=C(C(=O)c1ccccc1)C(=O)c1ccccc1. The van der Waals surface area contributed by atoms with E-state index in [0.29, 0.717) is 11.1 Å². The van der Waals surface area contributed by atoms with Crippen molar-refractivity contribution in [3.05, 3.63) is 95.3 Å². The van der Waals surface area contributed by atoms with Crippen molar-refractivity contribution >= 4 is 11.6 Å². The van der Waals surface area contributed by atoms with E-state index in [1.54, 1.807) is 67.6 Å². The molecule has 0 aliphatic carbocycles. The van der Waals surface area contributed by atoms with Crippen LogP contribution in [0.3, 0.4) is 0 Å². The van der Waals surface area contributed by atoms with E-state index in [0.717, 1.165) is 0 Å². The topological polar surface area (TPSA) is 54.4 Å². The zero-order valence-electron chi connectivity index (χ0n) is 12.2. The monoisotopic (exact) mass is 292 g/mol. The average molecular weight is 292 g/mol. The van der Waals surface area contributed by atoms with E-state index in [-0.39, 0.29) is 16.9 Å². The van der Waals surface area contributed by atoms with Crippen molar-refractivity contribution in [2.45, 2.75) is 6.92 Å². The molecule has 0 unspecified atom stereocenters. The average Bonchev–Trinajstić information content (AvgIpc) is 2.56. The van der Waals surface area contributed by atoms with Crippen LogP contribution in [0.1, 0.15) is 27.6 Å². The normalized spacial score (nSPS) is 9.86. The Hall–Kier alpha value is -2.94. The molecular formula is C19H16O3. The van der Waals surface area contributed by atoms with Crippen molar-refractivity contribution in [3.8, 4) is 0 Å². The van der Waals surface area contributed by atoms with Gasteiger partial charge in [0.2, 0.25) is 11.6 Å². The van der Waals surface area contributed by atoms with Crippen LogP contribution in [-0.4, -0.2) is 16.7 Å². The minimum Gasteiger partial charge on any atom is -0.507 e. The van der Waals surface area contributed by atoms with E-state index < -0.39 is 11.6 Å². The summed E-state index contributed by atoms with van der Waals surface area (Å²) in [4.78, 5) is 25.3. The Labute approximate surface area is 129 Å². The molecule has 1 N–H and O–H groups in total. The summed E-state index contributed by atoms with van der Waals surface area (Å²) < 4.78 is 0. The van der Waals surface area contributed by atoms with E-state index >= 15 is 0 Å². The van der Waals surface area contributed by atoms with Gasteiger partial charge < -0.3 is 5.11 Å². The Morgan fingerprint density at radius 1 is 0.818 bits per heavy atom. The zero-order chi connectivity index (χ0) is 16.1. The second kappa shape index (κ2) is 6.68. The molecule has 22 heavy (non-hydrogen) atoms. The number of allylic oxidation sites excluding steroid dienone is 2. The summed E-state index contributed by atoms with van der Waals surface area (Å²) in [6, 6.07) is 16.8. The molecule has 110 valence electrons. The summed E-state index contributed by atoms with van der Waals surface area (Å²) in [6.45, 7) is 5.16. The van der Waals surface area contributed by atoms with Crippen LogP contribution in [0.5, 0.6) is 0 Å². The summed E-state index contributed by atoms with van der Waals surface area (Å²) in [5.41, 5.74) is 0.692. The van der Waals surface area contributed by atoms with Gasteiger partial charge >= 0.3 is 0 Å². The van der Waals surface area contributed by atoms with Crippen molar-refractivity contribution in [2.75, 3.05) is 0 Å². The van der Waals surface area contributed by atoms with Crippen LogP contribution in [0, 0.1) is 0 Å². The van der Waals surface area contributed by atoms with Crippen LogP contribution in [0.15, 0.2) is 84.1 Å². The maximum atomic E-state index is 12.6. The lowest BCUT2D eigenvalue weighted by Gasteiger charge is -2.10. The number of aliphatic hydroxyl groups is 1. The molecule has 0 atom stereocenters. The second-order valence-corrected chi connectivity index (χ2v) is 4.89. The highest BCUT2D eigenvalue weighted by atomic mass is 16.3. The Bertz CT molecular complexity index is 687. The van der Waals surface area contributed by atoms with Gasteiger partial charge in [0.05, 0.1) is 0 Å². The smallest absolute Gasteiger partial charge is 0.200 e. The fraction of sp³-hybridized carbons (Fsp3) is 0.0526. The van der Waals surface area contributed by atoms with Gasteiger partial charge in [-0.3, -0.25) is 9.59 Å². The van der Waals surface area contributed by atoms with Crippen LogP contribution in [-0.2, 0) is 0 Å². The minimum absolute atomic E-state index is 0.259. The van der Waals surface area contributed by atoms with Gasteiger partial charge in [-0.25, -0.2) is 0 Å². The van der Waals surface area contributed by atoms with E-state index in [4.69, 9.17) is 0 Å². The largest absolute Gasteiger partial charge is 0.507 e.